The summed E-state index contributed by atoms with van der Waals surface area (Å²) < 4.78 is 5.51. The molecular weight excluding hydrogens is 350 g/mol. The molecule has 28 heavy (non-hydrogen) atoms. The van der Waals surface area contributed by atoms with Gasteiger partial charge in [0.15, 0.2) is 5.82 Å². The minimum absolute atomic E-state index is 0.565. The van der Waals surface area contributed by atoms with Crippen LogP contribution in [0.2, 0.25) is 0 Å². The van der Waals surface area contributed by atoms with Crippen LogP contribution in [0.25, 0.3) is 0 Å². The number of aromatic nitrogens is 2. The first-order valence-corrected chi connectivity index (χ1v) is 11.5. The van der Waals surface area contributed by atoms with Crippen molar-refractivity contribution < 1.29 is 4.74 Å². The van der Waals surface area contributed by atoms with Crippen molar-refractivity contribution in [3.63, 3.8) is 0 Å². The molecule has 0 bridgehead atoms. The largest absolute Gasteiger partial charge is 0.381 e. The predicted molar refractivity (Wildman–Crippen MR) is 112 cm³/mol. The summed E-state index contributed by atoms with van der Waals surface area (Å²) in [5.74, 6) is 4.56. The van der Waals surface area contributed by atoms with Crippen LogP contribution in [0.5, 0.6) is 0 Å². The number of piperidine rings is 1. The monoisotopic (exact) mass is 385 g/mol. The number of nitrogens with one attached hydrogen (secondary N) is 1. The van der Waals surface area contributed by atoms with Crippen molar-refractivity contribution in [2.24, 2.45) is 17.8 Å². The number of anilines is 2. The summed E-state index contributed by atoms with van der Waals surface area (Å²) in [6.07, 6.45) is 8.97. The highest BCUT2D eigenvalue weighted by molar-refractivity contribution is 5.44. The lowest BCUT2D eigenvalue weighted by atomic mass is 10.00. The number of likely N-dealkylation sites (tertiary alicyclic amines) is 1. The summed E-state index contributed by atoms with van der Waals surface area (Å²) in [5, 5.41) is 12.6. The van der Waals surface area contributed by atoms with Gasteiger partial charge >= 0.3 is 0 Å². The molecule has 0 amide bonds. The Morgan fingerprint density at radius 3 is 2.39 bits per heavy atom. The maximum atomic E-state index is 5.51. The normalized spacial score (nSPS) is 31.9. The second-order valence-electron chi connectivity index (χ2n) is 9.43. The lowest BCUT2D eigenvalue weighted by Gasteiger charge is -2.28. The van der Waals surface area contributed by atoms with Crippen molar-refractivity contribution >= 4 is 11.6 Å². The van der Waals surface area contributed by atoms with E-state index in [4.69, 9.17) is 4.74 Å². The summed E-state index contributed by atoms with van der Waals surface area (Å²) >= 11 is 0. The van der Waals surface area contributed by atoms with Gasteiger partial charge in [-0.3, -0.25) is 0 Å². The van der Waals surface area contributed by atoms with E-state index in [-0.39, 0.29) is 0 Å². The molecule has 0 spiro atoms. The maximum absolute atomic E-state index is 5.51. The van der Waals surface area contributed by atoms with Crippen LogP contribution in [0.1, 0.15) is 44.9 Å². The highest BCUT2D eigenvalue weighted by atomic mass is 16.5. The Kier molecular flexibility index (Phi) is 5.68. The summed E-state index contributed by atoms with van der Waals surface area (Å²) in [6, 6.07) is 4.84. The molecular formula is C22H35N5O. The molecule has 2 unspecified atom stereocenters. The van der Waals surface area contributed by atoms with Crippen molar-refractivity contribution in [1.29, 1.82) is 0 Å². The molecule has 4 aliphatic rings. The van der Waals surface area contributed by atoms with Crippen LogP contribution in [0.3, 0.4) is 0 Å². The summed E-state index contributed by atoms with van der Waals surface area (Å²) in [5.41, 5.74) is 0. The molecule has 5 rings (SSSR count). The van der Waals surface area contributed by atoms with Crippen LogP contribution in [-0.4, -0.2) is 67.1 Å². The molecule has 6 heteroatoms. The van der Waals surface area contributed by atoms with E-state index in [0.29, 0.717) is 6.04 Å². The van der Waals surface area contributed by atoms with E-state index in [1.165, 1.54) is 64.6 Å². The first-order valence-electron chi connectivity index (χ1n) is 11.5. The number of rotatable bonds is 5. The van der Waals surface area contributed by atoms with E-state index in [9.17, 15) is 0 Å². The van der Waals surface area contributed by atoms with Gasteiger partial charge in [-0.25, -0.2) is 0 Å². The zero-order chi connectivity index (χ0) is 18.8. The van der Waals surface area contributed by atoms with Gasteiger partial charge in [0.05, 0.1) is 0 Å². The third kappa shape index (κ3) is 4.28. The van der Waals surface area contributed by atoms with Gasteiger partial charge in [0, 0.05) is 52.0 Å². The molecule has 1 saturated carbocycles. The lowest BCUT2D eigenvalue weighted by molar-refractivity contribution is 0.0545. The van der Waals surface area contributed by atoms with Crippen molar-refractivity contribution in [2.45, 2.75) is 51.0 Å². The van der Waals surface area contributed by atoms with Crippen LogP contribution in [0, 0.1) is 17.8 Å². The maximum Gasteiger partial charge on any atom is 0.151 e. The smallest absolute Gasteiger partial charge is 0.151 e. The molecule has 1 N–H and O–H groups in total. The van der Waals surface area contributed by atoms with E-state index in [0.717, 1.165) is 55.7 Å². The van der Waals surface area contributed by atoms with Crippen molar-refractivity contribution in [3.8, 4) is 0 Å². The Morgan fingerprint density at radius 2 is 1.71 bits per heavy atom. The number of ether oxygens (including phenoxy) is 1. The first-order chi connectivity index (χ1) is 13.8. The van der Waals surface area contributed by atoms with E-state index >= 15 is 0 Å². The van der Waals surface area contributed by atoms with E-state index in [1.807, 2.05) is 0 Å². The van der Waals surface area contributed by atoms with Gasteiger partial charge in [-0.05, 0) is 74.8 Å². The lowest BCUT2D eigenvalue weighted by Crippen LogP contribution is -2.32. The molecule has 6 nitrogen and oxygen atoms in total. The molecule has 0 aromatic carbocycles. The molecule has 1 aliphatic carbocycles. The topological polar surface area (TPSA) is 53.5 Å². The fraction of sp³-hybridized carbons (Fsp3) is 0.818. The first kappa shape index (κ1) is 18.6. The fourth-order valence-electron chi connectivity index (χ4n) is 5.86. The Balaban J connectivity index is 1.09. The van der Waals surface area contributed by atoms with Gasteiger partial charge in [0.1, 0.15) is 5.82 Å². The highest BCUT2D eigenvalue weighted by Crippen LogP contribution is 2.39. The average molecular weight is 386 g/mol. The predicted octanol–water partition coefficient (Wildman–Crippen LogP) is 3.02. The standard InChI is InChI=1S/C22H35N5O/c1-2-8-27(9-3-1)22-5-4-21(24-25-22)23-20-12-18-15-26(16-19(18)13-20)14-17-6-10-28-11-7-17/h4-5,17-20H,1-3,6-16H2,(H,23,24). The Labute approximate surface area is 169 Å². The minimum Gasteiger partial charge on any atom is -0.381 e. The number of nitrogens with zero attached hydrogens (tertiary/aromatic N) is 4. The molecule has 1 aromatic rings. The van der Waals surface area contributed by atoms with Gasteiger partial charge < -0.3 is 19.9 Å². The van der Waals surface area contributed by atoms with Crippen molar-refractivity contribution in [2.75, 3.05) is 56.2 Å². The van der Waals surface area contributed by atoms with Crippen molar-refractivity contribution in [3.05, 3.63) is 12.1 Å². The summed E-state index contributed by atoms with van der Waals surface area (Å²) in [7, 11) is 0. The SMILES string of the molecule is c1cc(N2CCCCC2)nnc1NC1CC2CN(CC3CCOCC3)CC2C1. The quantitative estimate of drug-likeness (QED) is 0.841. The molecule has 4 fully saturated rings. The zero-order valence-corrected chi connectivity index (χ0v) is 17.1. The van der Waals surface area contributed by atoms with Crippen molar-refractivity contribution in [1.82, 2.24) is 15.1 Å². The molecule has 4 heterocycles. The van der Waals surface area contributed by atoms with Gasteiger partial charge in [0.2, 0.25) is 0 Å². The Morgan fingerprint density at radius 1 is 0.964 bits per heavy atom. The number of hydrogen-bond donors (Lipinski definition) is 1. The second-order valence-corrected chi connectivity index (χ2v) is 9.43. The third-order valence-corrected chi connectivity index (χ3v) is 7.37. The average Bonchev–Trinajstić information content (AvgIpc) is 3.28. The molecule has 154 valence electrons. The van der Waals surface area contributed by atoms with Crippen LogP contribution >= 0.6 is 0 Å². The molecule has 3 aliphatic heterocycles. The highest BCUT2D eigenvalue weighted by Gasteiger charge is 2.41. The van der Waals surface area contributed by atoms with Gasteiger partial charge in [-0.1, -0.05) is 0 Å². The molecule has 0 radical (unpaired) electrons. The molecule has 2 atom stereocenters. The molecule has 3 saturated heterocycles. The second kappa shape index (κ2) is 8.54. The van der Waals surface area contributed by atoms with Gasteiger partial charge in [-0.2, -0.15) is 0 Å². The number of hydrogen-bond acceptors (Lipinski definition) is 6. The number of fused-ring (bicyclic) bond motifs is 1. The Bertz CT molecular complexity index is 612. The van der Waals surface area contributed by atoms with Crippen LogP contribution in [0.15, 0.2) is 12.1 Å². The van der Waals surface area contributed by atoms with E-state index < -0.39 is 0 Å². The fourth-order valence-corrected chi connectivity index (χ4v) is 5.86. The van der Waals surface area contributed by atoms with Crippen LogP contribution in [0.4, 0.5) is 11.6 Å². The van der Waals surface area contributed by atoms with Crippen LogP contribution in [-0.2, 0) is 4.74 Å². The molecule has 1 aromatic heterocycles. The zero-order valence-electron chi connectivity index (χ0n) is 17.1. The summed E-state index contributed by atoms with van der Waals surface area (Å²) in [4.78, 5) is 5.10. The van der Waals surface area contributed by atoms with Gasteiger partial charge in [0.25, 0.3) is 0 Å². The third-order valence-electron chi connectivity index (χ3n) is 7.37. The summed E-state index contributed by atoms with van der Waals surface area (Å²) in [6.45, 7) is 8.05. The van der Waals surface area contributed by atoms with E-state index in [2.05, 4.69) is 37.4 Å². The minimum atomic E-state index is 0.565. The van der Waals surface area contributed by atoms with Crippen LogP contribution < -0.4 is 10.2 Å². The van der Waals surface area contributed by atoms with Gasteiger partial charge in [-0.15, -0.1) is 10.2 Å². The van der Waals surface area contributed by atoms with E-state index in [1.54, 1.807) is 0 Å². The Hall–Kier alpha value is -1.40.